The minimum atomic E-state index is 0.0395. The molecule has 4 aliphatic rings. The van der Waals surface area contributed by atoms with Gasteiger partial charge in [0.15, 0.2) is 0 Å². The summed E-state index contributed by atoms with van der Waals surface area (Å²) < 4.78 is 1.66. The standard InChI is InChI=1S/C20H25N3O/c1-13-2-3-18-22-17(7-19(24)23(18)12-13)11-21-20-8-14-4-15(9-20)6-16(5-14)10-20/h2-3,7,12,14-16,21H,4-6,8-11H2,1H3/p+1. The van der Waals surface area contributed by atoms with Crippen LogP contribution in [0.2, 0.25) is 0 Å². The molecule has 4 aliphatic carbocycles. The summed E-state index contributed by atoms with van der Waals surface area (Å²) in [5.74, 6) is 2.89. The smallest absolute Gasteiger partial charge is 0.258 e. The molecule has 0 amide bonds. The number of nitrogens with two attached hydrogens (primary N) is 1. The Balaban J connectivity index is 1.40. The van der Waals surface area contributed by atoms with Gasteiger partial charge in [-0.3, -0.25) is 9.20 Å². The highest BCUT2D eigenvalue weighted by Crippen LogP contribution is 2.54. The molecular formula is C20H26N3O+. The summed E-state index contributed by atoms with van der Waals surface area (Å²) in [7, 11) is 0. The van der Waals surface area contributed by atoms with Crippen LogP contribution in [0.5, 0.6) is 0 Å². The number of nitrogens with zero attached hydrogens (tertiary/aromatic N) is 2. The SMILES string of the molecule is Cc1ccc2nc(C[NH2+]C34CC5CC(CC(C5)C3)C4)cc(=O)n2c1. The zero-order valence-electron chi connectivity index (χ0n) is 14.4. The van der Waals surface area contributed by atoms with Gasteiger partial charge in [0, 0.05) is 31.5 Å². The summed E-state index contributed by atoms with van der Waals surface area (Å²) in [5, 5.41) is 2.53. The highest BCUT2D eigenvalue weighted by molar-refractivity contribution is 5.39. The summed E-state index contributed by atoms with van der Waals surface area (Å²) >= 11 is 0. The number of quaternary nitrogens is 1. The van der Waals surface area contributed by atoms with Crippen molar-refractivity contribution in [1.82, 2.24) is 9.38 Å². The van der Waals surface area contributed by atoms with E-state index in [0.29, 0.717) is 5.54 Å². The molecule has 126 valence electrons. The fourth-order valence-electron chi connectivity index (χ4n) is 6.11. The summed E-state index contributed by atoms with van der Waals surface area (Å²) in [6.07, 6.45) is 10.4. The van der Waals surface area contributed by atoms with E-state index in [4.69, 9.17) is 4.98 Å². The second-order valence-corrected chi connectivity index (χ2v) is 8.71. The second-order valence-electron chi connectivity index (χ2n) is 8.71. The molecule has 2 aromatic rings. The van der Waals surface area contributed by atoms with Gasteiger partial charge in [0.05, 0.1) is 5.54 Å². The highest BCUT2D eigenvalue weighted by Gasteiger charge is 2.53. The Bertz CT molecular complexity index is 818. The zero-order chi connectivity index (χ0) is 16.3. The third kappa shape index (κ3) is 2.39. The molecule has 2 aromatic heterocycles. The molecular weight excluding hydrogens is 298 g/mol. The van der Waals surface area contributed by atoms with Crippen LogP contribution >= 0.6 is 0 Å². The lowest BCUT2D eigenvalue weighted by molar-refractivity contribution is -0.753. The van der Waals surface area contributed by atoms with Crippen molar-refractivity contribution in [3.63, 3.8) is 0 Å². The molecule has 2 heterocycles. The number of fused-ring (bicyclic) bond motifs is 1. The predicted octanol–water partition coefficient (Wildman–Crippen LogP) is 2.04. The van der Waals surface area contributed by atoms with E-state index in [2.05, 4.69) is 5.32 Å². The van der Waals surface area contributed by atoms with Crippen molar-refractivity contribution in [2.75, 3.05) is 0 Å². The van der Waals surface area contributed by atoms with E-state index in [9.17, 15) is 4.79 Å². The average Bonchev–Trinajstić information content (AvgIpc) is 2.52. The van der Waals surface area contributed by atoms with Crippen molar-refractivity contribution in [1.29, 1.82) is 0 Å². The molecule has 0 aromatic carbocycles. The van der Waals surface area contributed by atoms with Crippen LogP contribution in [-0.4, -0.2) is 14.9 Å². The molecule has 4 bridgehead atoms. The first-order valence-corrected chi connectivity index (χ1v) is 9.42. The molecule has 4 nitrogen and oxygen atoms in total. The first-order chi connectivity index (χ1) is 11.6. The number of aromatic nitrogens is 2. The van der Waals surface area contributed by atoms with Gasteiger partial charge in [-0.1, -0.05) is 6.07 Å². The fraction of sp³-hybridized carbons (Fsp3) is 0.600. The molecule has 4 saturated carbocycles. The van der Waals surface area contributed by atoms with Crippen molar-refractivity contribution in [2.24, 2.45) is 17.8 Å². The molecule has 0 saturated heterocycles. The summed E-state index contributed by atoms with van der Waals surface area (Å²) in [6.45, 7) is 2.84. The lowest BCUT2D eigenvalue weighted by Gasteiger charge is -2.54. The summed E-state index contributed by atoms with van der Waals surface area (Å²) in [6, 6.07) is 5.70. The number of pyridine rings is 1. The molecule has 0 atom stereocenters. The Morgan fingerprint density at radius 2 is 1.83 bits per heavy atom. The predicted molar refractivity (Wildman–Crippen MR) is 92.7 cm³/mol. The van der Waals surface area contributed by atoms with Crippen LogP contribution in [-0.2, 0) is 6.54 Å². The fourth-order valence-corrected chi connectivity index (χ4v) is 6.11. The van der Waals surface area contributed by atoms with Crippen molar-refractivity contribution < 1.29 is 5.32 Å². The zero-order valence-corrected chi connectivity index (χ0v) is 14.4. The lowest BCUT2D eigenvalue weighted by Crippen LogP contribution is -2.97. The van der Waals surface area contributed by atoms with Gasteiger partial charge in [-0.2, -0.15) is 0 Å². The Kier molecular flexibility index (Phi) is 3.15. The Morgan fingerprint density at radius 3 is 2.50 bits per heavy atom. The topological polar surface area (TPSA) is 51.0 Å². The van der Waals surface area contributed by atoms with E-state index >= 15 is 0 Å². The van der Waals surface area contributed by atoms with Gasteiger partial charge in [-0.05, 0) is 55.6 Å². The van der Waals surface area contributed by atoms with Gasteiger partial charge in [0.25, 0.3) is 5.56 Å². The van der Waals surface area contributed by atoms with Crippen LogP contribution < -0.4 is 10.9 Å². The van der Waals surface area contributed by atoms with Crippen LogP contribution in [0.4, 0.5) is 0 Å². The first kappa shape index (κ1) is 14.6. The average molecular weight is 324 g/mol. The van der Waals surface area contributed by atoms with E-state index in [0.717, 1.165) is 41.2 Å². The van der Waals surface area contributed by atoms with Crippen molar-refractivity contribution in [2.45, 2.75) is 57.5 Å². The third-order valence-corrected chi connectivity index (χ3v) is 6.69. The lowest BCUT2D eigenvalue weighted by atomic mass is 9.53. The highest BCUT2D eigenvalue weighted by atomic mass is 16.1. The van der Waals surface area contributed by atoms with Gasteiger partial charge in [0.2, 0.25) is 0 Å². The molecule has 0 aliphatic heterocycles. The maximum atomic E-state index is 12.4. The van der Waals surface area contributed by atoms with Crippen LogP contribution in [0.3, 0.4) is 0 Å². The number of aryl methyl sites for hydroxylation is 1. The molecule has 0 unspecified atom stereocenters. The van der Waals surface area contributed by atoms with Crippen LogP contribution in [0.1, 0.15) is 49.8 Å². The van der Waals surface area contributed by atoms with Gasteiger partial charge >= 0.3 is 0 Å². The Hall–Kier alpha value is -1.68. The quantitative estimate of drug-likeness (QED) is 0.939. The molecule has 0 radical (unpaired) electrons. The maximum Gasteiger partial charge on any atom is 0.258 e. The van der Waals surface area contributed by atoms with Crippen molar-refractivity contribution >= 4 is 5.65 Å². The van der Waals surface area contributed by atoms with Crippen LogP contribution in [0.25, 0.3) is 5.65 Å². The maximum absolute atomic E-state index is 12.4. The van der Waals surface area contributed by atoms with Gasteiger partial charge in [-0.15, -0.1) is 0 Å². The van der Waals surface area contributed by atoms with E-state index in [-0.39, 0.29) is 5.56 Å². The normalized spacial score (nSPS) is 34.1. The number of rotatable bonds is 3. The van der Waals surface area contributed by atoms with Crippen LogP contribution in [0.15, 0.2) is 29.2 Å². The second kappa shape index (κ2) is 5.16. The van der Waals surface area contributed by atoms with Gasteiger partial charge in [0.1, 0.15) is 17.9 Å². The van der Waals surface area contributed by atoms with E-state index < -0.39 is 0 Å². The minimum absolute atomic E-state index is 0.0395. The van der Waals surface area contributed by atoms with Crippen LogP contribution in [0, 0.1) is 24.7 Å². The molecule has 24 heavy (non-hydrogen) atoms. The third-order valence-electron chi connectivity index (χ3n) is 6.69. The van der Waals surface area contributed by atoms with Gasteiger partial charge in [-0.25, -0.2) is 4.98 Å². The summed E-state index contributed by atoms with van der Waals surface area (Å²) in [4.78, 5) is 17.1. The van der Waals surface area contributed by atoms with E-state index in [1.165, 1.54) is 38.5 Å². The molecule has 6 rings (SSSR count). The van der Waals surface area contributed by atoms with Crippen molar-refractivity contribution in [3.05, 3.63) is 46.0 Å². The summed E-state index contributed by atoms with van der Waals surface area (Å²) in [5.41, 5.74) is 3.26. The largest absolute Gasteiger partial charge is 0.336 e. The Labute approximate surface area is 142 Å². The number of hydrogen-bond acceptors (Lipinski definition) is 2. The van der Waals surface area contributed by atoms with Gasteiger partial charge < -0.3 is 5.32 Å². The van der Waals surface area contributed by atoms with E-state index in [1.807, 2.05) is 25.3 Å². The Morgan fingerprint density at radius 1 is 1.17 bits per heavy atom. The molecule has 4 heteroatoms. The molecule has 4 fully saturated rings. The van der Waals surface area contributed by atoms with E-state index in [1.54, 1.807) is 10.5 Å². The monoisotopic (exact) mass is 324 g/mol. The number of hydrogen-bond donors (Lipinski definition) is 1. The van der Waals surface area contributed by atoms with Crippen molar-refractivity contribution in [3.8, 4) is 0 Å². The first-order valence-electron chi connectivity index (χ1n) is 9.42. The minimum Gasteiger partial charge on any atom is -0.336 e. The molecule has 2 N–H and O–H groups in total. The molecule has 0 spiro atoms.